The first-order valence-corrected chi connectivity index (χ1v) is 7.68. The van der Waals surface area contributed by atoms with Crippen molar-refractivity contribution >= 4 is 22.9 Å². The average Bonchev–Trinajstić information content (AvgIpc) is 3.16. The lowest BCUT2D eigenvalue weighted by atomic mass is 10.3. The minimum absolute atomic E-state index is 0.262. The first-order chi connectivity index (χ1) is 12.1. The summed E-state index contributed by atoms with van der Waals surface area (Å²) in [7, 11) is 0. The third-order valence-corrected chi connectivity index (χ3v) is 3.88. The molecule has 0 bridgehead atoms. The molecule has 0 amide bonds. The number of rotatable bonds is 3. The largest absolute Gasteiger partial charge is 0.322 e. The van der Waals surface area contributed by atoms with E-state index >= 15 is 0 Å². The Bertz CT molecular complexity index is 1100. The number of halogens is 1. The van der Waals surface area contributed by atoms with Crippen LogP contribution in [0.4, 0.5) is 10.1 Å². The molecule has 0 aliphatic heterocycles. The van der Waals surface area contributed by atoms with E-state index in [1.54, 1.807) is 19.1 Å². The van der Waals surface area contributed by atoms with Crippen molar-refractivity contribution in [1.82, 2.24) is 19.7 Å². The number of nitrogens with zero attached hydrogens (tertiary/aromatic N) is 3. The number of aryl methyl sites for hydroxylation is 1. The molecule has 4 rings (SSSR count). The van der Waals surface area contributed by atoms with E-state index in [1.807, 2.05) is 24.3 Å². The van der Waals surface area contributed by atoms with Crippen molar-refractivity contribution in [1.29, 1.82) is 0 Å². The predicted molar refractivity (Wildman–Crippen MR) is 94.4 cm³/mol. The van der Waals surface area contributed by atoms with E-state index in [0.29, 0.717) is 22.9 Å². The maximum atomic E-state index is 12.9. The highest BCUT2D eigenvalue weighted by molar-refractivity contribution is 5.83. The van der Waals surface area contributed by atoms with Gasteiger partial charge in [-0.2, -0.15) is 4.68 Å². The van der Waals surface area contributed by atoms with Crippen LogP contribution in [0.1, 0.15) is 11.3 Å². The Morgan fingerprint density at radius 2 is 1.92 bits per heavy atom. The van der Waals surface area contributed by atoms with Gasteiger partial charge in [-0.3, -0.25) is 14.9 Å². The monoisotopic (exact) mass is 335 g/mol. The first-order valence-electron chi connectivity index (χ1n) is 7.68. The third kappa shape index (κ3) is 2.76. The van der Waals surface area contributed by atoms with Gasteiger partial charge in [0.25, 0.3) is 5.56 Å². The maximum Gasteiger partial charge on any atom is 0.282 e. The van der Waals surface area contributed by atoms with Crippen molar-refractivity contribution in [3.63, 3.8) is 0 Å². The zero-order valence-corrected chi connectivity index (χ0v) is 13.3. The molecule has 2 aromatic heterocycles. The van der Waals surface area contributed by atoms with Crippen molar-refractivity contribution in [2.45, 2.75) is 6.92 Å². The van der Waals surface area contributed by atoms with Crippen LogP contribution in [0.3, 0.4) is 0 Å². The molecule has 2 heterocycles. The van der Waals surface area contributed by atoms with Gasteiger partial charge >= 0.3 is 0 Å². The van der Waals surface area contributed by atoms with Gasteiger partial charge in [0.05, 0.1) is 22.3 Å². The minimum Gasteiger partial charge on any atom is -0.322 e. The lowest BCUT2D eigenvalue weighted by Gasteiger charge is -1.93. The molecule has 2 N–H and O–H groups in total. The number of H-pyrrole nitrogens is 2. The number of para-hydroxylation sites is 2. The van der Waals surface area contributed by atoms with Gasteiger partial charge in [0, 0.05) is 11.9 Å². The lowest BCUT2D eigenvalue weighted by Crippen LogP contribution is -2.18. The standard InChI is InChI=1S/C18H14FN5O/c1-11-14(10-20-13-8-6-12(19)7-9-13)17(25)24(23-11)18-21-15-4-2-3-5-16(15)22-18/h2-10,23H,1H3,(H,21,22). The molecular formula is C18H14FN5O. The smallest absolute Gasteiger partial charge is 0.282 e. The summed E-state index contributed by atoms with van der Waals surface area (Å²) in [5, 5.41) is 2.99. The highest BCUT2D eigenvalue weighted by atomic mass is 19.1. The third-order valence-electron chi connectivity index (χ3n) is 3.88. The van der Waals surface area contributed by atoms with Gasteiger partial charge in [-0.05, 0) is 43.3 Å². The van der Waals surface area contributed by atoms with Crippen molar-refractivity contribution in [3.05, 3.63) is 76.0 Å². The molecule has 0 aliphatic carbocycles. The summed E-state index contributed by atoms with van der Waals surface area (Å²) < 4.78 is 14.3. The highest BCUT2D eigenvalue weighted by Crippen LogP contribution is 2.14. The van der Waals surface area contributed by atoms with Crippen LogP contribution >= 0.6 is 0 Å². The van der Waals surface area contributed by atoms with Gasteiger partial charge in [0.2, 0.25) is 5.95 Å². The van der Waals surface area contributed by atoms with E-state index in [1.165, 1.54) is 23.0 Å². The topological polar surface area (TPSA) is 78.8 Å². The number of hydrogen-bond donors (Lipinski definition) is 2. The Hall–Kier alpha value is -3.48. The number of aromatic nitrogens is 4. The maximum absolute atomic E-state index is 12.9. The van der Waals surface area contributed by atoms with E-state index in [4.69, 9.17) is 0 Å². The molecule has 0 saturated heterocycles. The quantitative estimate of drug-likeness (QED) is 0.564. The van der Waals surface area contributed by atoms with E-state index < -0.39 is 0 Å². The van der Waals surface area contributed by atoms with Gasteiger partial charge in [-0.1, -0.05) is 12.1 Å². The van der Waals surface area contributed by atoms with Crippen LogP contribution in [0.25, 0.3) is 17.0 Å². The van der Waals surface area contributed by atoms with Crippen LogP contribution in [-0.4, -0.2) is 26.0 Å². The molecule has 6 nitrogen and oxygen atoms in total. The zero-order valence-electron chi connectivity index (χ0n) is 13.3. The fourth-order valence-corrected chi connectivity index (χ4v) is 2.57. The fraction of sp³-hybridized carbons (Fsp3) is 0.0556. The number of benzene rings is 2. The number of imidazole rings is 1. The number of aromatic amines is 2. The molecule has 0 radical (unpaired) electrons. The van der Waals surface area contributed by atoms with E-state index in [9.17, 15) is 9.18 Å². The van der Waals surface area contributed by atoms with Crippen LogP contribution in [0.2, 0.25) is 0 Å². The number of nitrogens with one attached hydrogen (secondary N) is 2. The number of aliphatic imine (C=N–C) groups is 1. The number of hydrogen-bond acceptors (Lipinski definition) is 3. The molecular weight excluding hydrogens is 321 g/mol. The molecule has 0 fully saturated rings. The lowest BCUT2D eigenvalue weighted by molar-refractivity contribution is 0.628. The van der Waals surface area contributed by atoms with Crippen LogP contribution in [0, 0.1) is 12.7 Å². The van der Waals surface area contributed by atoms with E-state index in [2.05, 4.69) is 20.1 Å². The summed E-state index contributed by atoms with van der Waals surface area (Å²) >= 11 is 0. The Kier molecular flexibility index (Phi) is 3.53. The Labute approximate surface area is 141 Å². The van der Waals surface area contributed by atoms with Gasteiger partial charge in [-0.25, -0.2) is 9.37 Å². The van der Waals surface area contributed by atoms with E-state index in [-0.39, 0.29) is 11.4 Å². The first kappa shape index (κ1) is 15.1. The summed E-state index contributed by atoms with van der Waals surface area (Å²) in [4.78, 5) is 24.4. The molecule has 7 heteroatoms. The Morgan fingerprint density at radius 3 is 2.68 bits per heavy atom. The second kappa shape index (κ2) is 5.86. The van der Waals surface area contributed by atoms with Crippen molar-refractivity contribution < 1.29 is 4.39 Å². The highest BCUT2D eigenvalue weighted by Gasteiger charge is 2.13. The van der Waals surface area contributed by atoms with Gasteiger partial charge in [-0.15, -0.1) is 0 Å². The number of fused-ring (bicyclic) bond motifs is 1. The van der Waals surface area contributed by atoms with Crippen molar-refractivity contribution in [2.75, 3.05) is 0 Å². The molecule has 25 heavy (non-hydrogen) atoms. The average molecular weight is 335 g/mol. The second-order valence-electron chi connectivity index (χ2n) is 5.60. The van der Waals surface area contributed by atoms with Crippen LogP contribution in [0.5, 0.6) is 0 Å². The molecule has 0 atom stereocenters. The summed E-state index contributed by atoms with van der Waals surface area (Å²) in [6.45, 7) is 1.78. The summed E-state index contributed by atoms with van der Waals surface area (Å²) in [5.74, 6) is 0.0831. The molecule has 2 aromatic carbocycles. The van der Waals surface area contributed by atoms with Crippen LogP contribution in [0.15, 0.2) is 58.3 Å². The summed E-state index contributed by atoms with van der Waals surface area (Å²) in [5.41, 5.74) is 3.01. The summed E-state index contributed by atoms with van der Waals surface area (Å²) in [6, 6.07) is 13.3. The summed E-state index contributed by atoms with van der Waals surface area (Å²) in [6.07, 6.45) is 1.47. The minimum atomic E-state index is -0.330. The zero-order chi connectivity index (χ0) is 17.4. The van der Waals surface area contributed by atoms with Crippen LogP contribution < -0.4 is 5.56 Å². The predicted octanol–water partition coefficient (Wildman–Crippen LogP) is 3.24. The SMILES string of the molecule is Cc1[nH]n(-c2nc3ccccc3[nH]2)c(=O)c1C=Nc1ccc(F)cc1. The molecule has 0 saturated carbocycles. The molecule has 4 aromatic rings. The Balaban J connectivity index is 1.73. The van der Waals surface area contributed by atoms with Crippen LogP contribution in [-0.2, 0) is 0 Å². The molecule has 0 unspecified atom stereocenters. The Morgan fingerprint density at radius 1 is 1.16 bits per heavy atom. The van der Waals surface area contributed by atoms with Gasteiger partial charge in [0.15, 0.2) is 0 Å². The van der Waals surface area contributed by atoms with Gasteiger partial charge in [0.1, 0.15) is 5.82 Å². The molecule has 0 aliphatic rings. The molecule has 0 spiro atoms. The fourth-order valence-electron chi connectivity index (χ4n) is 2.57. The van der Waals surface area contributed by atoms with E-state index in [0.717, 1.165) is 11.0 Å². The second-order valence-corrected chi connectivity index (χ2v) is 5.60. The van der Waals surface area contributed by atoms with Crippen molar-refractivity contribution in [3.8, 4) is 5.95 Å². The molecule has 124 valence electrons. The van der Waals surface area contributed by atoms with Crippen molar-refractivity contribution in [2.24, 2.45) is 4.99 Å². The normalized spacial score (nSPS) is 11.6. The van der Waals surface area contributed by atoms with Gasteiger partial charge < -0.3 is 4.98 Å².